The molecule has 33 heavy (non-hydrogen) atoms. The number of allylic oxidation sites excluding steroid dienone is 3. The van der Waals surface area contributed by atoms with Crippen molar-refractivity contribution in [2.45, 2.75) is 103 Å². The summed E-state index contributed by atoms with van der Waals surface area (Å²) in [5.74, 6) is 3.37. The van der Waals surface area contributed by atoms with Crippen LogP contribution in [0.1, 0.15) is 90.1 Å². The molecule has 0 saturated heterocycles. The molecule has 3 aliphatic rings. The van der Waals surface area contributed by atoms with E-state index in [9.17, 15) is 15.3 Å². The van der Waals surface area contributed by atoms with Crippen LogP contribution in [0, 0.1) is 17.3 Å². The first-order valence-electron chi connectivity index (χ1n) is 12.7. The molecular weight excluding hydrogens is 412 g/mol. The predicted octanol–water partition coefficient (Wildman–Crippen LogP) is 5.84. The number of aliphatic hydroxyl groups is 3. The first kappa shape index (κ1) is 24.5. The Morgan fingerprint density at radius 3 is 2.73 bits per heavy atom. The lowest BCUT2D eigenvalue weighted by atomic mass is 9.61. The number of fused-ring (bicyclic) bond motifs is 1. The van der Waals surface area contributed by atoms with Crippen molar-refractivity contribution in [3.8, 4) is 0 Å². The van der Waals surface area contributed by atoms with Gasteiger partial charge in [-0.15, -0.1) is 0 Å². The summed E-state index contributed by atoms with van der Waals surface area (Å²) in [5, 5.41) is 30.4. The third kappa shape index (κ3) is 5.08. The molecule has 3 N–H and O–H groups in total. The van der Waals surface area contributed by atoms with E-state index in [0.717, 1.165) is 29.1 Å². The van der Waals surface area contributed by atoms with Gasteiger partial charge in [-0.05, 0) is 92.9 Å². The molecule has 4 heteroatoms. The van der Waals surface area contributed by atoms with Crippen LogP contribution in [-0.4, -0.2) is 33.1 Å². The van der Waals surface area contributed by atoms with Gasteiger partial charge in [-0.3, -0.25) is 0 Å². The van der Waals surface area contributed by atoms with Crippen LogP contribution in [0.2, 0.25) is 0 Å². The molecule has 3 aliphatic carbocycles. The summed E-state index contributed by atoms with van der Waals surface area (Å²) in [7, 11) is 0. The molecule has 0 bridgehead atoms. The van der Waals surface area contributed by atoms with Crippen molar-refractivity contribution in [1.29, 1.82) is 0 Å². The highest BCUT2D eigenvalue weighted by molar-refractivity contribution is 5.38. The maximum absolute atomic E-state index is 10.2. The van der Waals surface area contributed by atoms with Gasteiger partial charge in [-0.1, -0.05) is 38.2 Å². The highest BCUT2D eigenvalue weighted by Gasteiger charge is 2.51. The second-order valence-corrected chi connectivity index (χ2v) is 11.7. The second kappa shape index (κ2) is 9.20. The lowest BCUT2D eigenvalue weighted by Crippen LogP contribution is -2.35. The highest BCUT2D eigenvalue weighted by Crippen LogP contribution is 2.61. The van der Waals surface area contributed by atoms with Crippen LogP contribution in [-0.2, 0) is 6.42 Å². The Labute approximate surface area is 199 Å². The van der Waals surface area contributed by atoms with Crippen LogP contribution < -0.4 is 0 Å². The predicted molar refractivity (Wildman–Crippen MR) is 132 cm³/mol. The van der Waals surface area contributed by atoms with Gasteiger partial charge in [0.2, 0.25) is 0 Å². The van der Waals surface area contributed by atoms with Crippen molar-refractivity contribution in [3.63, 3.8) is 0 Å². The normalized spacial score (nSPS) is 36.4. The van der Waals surface area contributed by atoms with Crippen LogP contribution in [0.5, 0.6) is 0 Å². The Morgan fingerprint density at radius 1 is 1.24 bits per heavy atom. The van der Waals surface area contributed by atoms with Gasteiger partial charge >= 0.3 is 0 Å². The Hall–Kier alpha value is -1.62. The minimum atomic E-state index is -0.768. The molecule has 0 unspecified atom stereocenters. The summed E-state index contributed by atoms with van der Waals surface area (Å²) in [6.07, 6.45) is 10.7. The molecule has 0 aliphatic heterocycles. The van der Waals surface area contributed by atoms with Crippen LogP contribution in [0.3, 0.4) is 0 Å². The average Bonchev–Trinajstić information content (AvgIpc) is 3.32. The van der Waals surface area contributed by atoms with E-state index < -0.39 is 17.8 Å². The van der Waals surface area contributed by atoms with Crippen LogP contribution in [0.25, 0.3) is 0 Å². The molecule has 4 rings (SSSR count). The molecule has 0 amide bonds. The third-order valence-electron chi connectivity index (χ3n) is 8.64. The van der Waals surface area contributed by atoms with E-state index in [-0.39, 0.29) is 5.41 Å². The lowest BCUT2D eigenvalue weighted by Gasteiger charge is -2.44. The maximum Gasteiger partial charge on any atom is 0.107 e. The smallest absolute Gasteiger partial charge is 0.107 e. The summed E-state index contributed by atoms with van der Waals surface area (Å²) >= 11 is 0. The maximum atomic E-state index is 10.2. The molecule has 1 heterocycles. The minimum absolute atomic E-state index is 0.244. The topological polar surface area (TPSA) is 73.8 Å². The number of hydrogen-bond acceptors (Lipinski definition) is 4. The van der Waals surface area contributed by atoms with Crippen molar-refractivity contribution >= 4 is 0 Å². The molecule has 6 atom stereocenters. The molecule has 0 radical (unpaired) electrons. The molecule has 0 aromatic carbocycles. The fourth-order valence-corrected chi connectivity index (χ4v) is 6.92. The second-order valence-electron chi connectivity index (χ2n) is 11.7. The minimum Gasteiger partial charge on any atom is -0.466 e. The number of rotatable bonds is 5. The van der Waals surface area contributed by atoms with Crippen LogP contribution >= 0.6 is 0 Å². The SMILES string of the molecule is C=C1/C(=C\C=C2/CCC[C@]3(C)[C@@H]([C@H](C)c4ccc(CC(C)(C)O)o4)CC[C@@H]23)C[C@@H](O)C[C@@H]1O. The molecule has 1 aromatic heterocycles. The van der Waals surface area contributed by atoms with Gasteiger partial charge in [-0.2, -0.15) is 0 Å². The van der Waals surface area contributed by atoms with E-state index in [0.29, 0.717) is 37.0 Å². The number of aliphatic hydroxyl groups excluding tert-OH is 2. The van der Waals surface area contributed by atoms with E-state index in [1.807, 2.05) is 19.9 Å². The standard InChI is InChI=1S/C29H42O4/c1-18-21(15-22(30)16-26(18)31)9-8-20-7-6-14-29(5)24(11-12-25(20)29)19(2)27-13-10-23(33-27)17-28(3,4)32/h8-10,13,19,22,24-26,30-32H,1,6-7,11-12,14-17H2,2-5H3/b20-8+,21-9-/t19-,22+,24+,25-,26-,29+/m0/s1. The molecule has 1 aromatic rings. The molecule has 3 fully saturated rings. The number of hydrogen-bond donors (Lipinski definition) is 3. The summed E-state index contributed by atoms with van der Waals surface area (Å²) in [6, 6.07) is 4.13. The van der Waals surface area contributed by atoms with Gasteiger partial charge in [0.1, 0.15) is 11.5 Å². The monoisotopic (exact) mass is 454 g/mol. The summed E-state index contributed by atoms with van der Waals surface area (Å²) in [4.78, 5) is 0. The van der Waals surface area contributed by atoms with Crippen molar-refractivity contribution in [2.24, 2.45) is 17.3 Å². The fraction of sp³-hybridized carbons (Fsp3) is 0.655. The van der Waals surface area contributed by atoms with Crippen molar-refractivity contribution in [1.82, 2.24) is 0 Å². The molecule has 4 nitrogen and oxygen atoms in total. The Bertz CT molecular complexity index is 930. The first-order valence-corrected chi connectivity index (χ1v) is 12.7. The fourth-order valence-electron chi connectivity index (χ4n) is 6.92. The van der Waals surface area contributed by atoms with E-state index in [4.69, 9.17) is 4.42 Å². The van der Waals surface area contributed by atoms with Crippen LogP contribution in [0.4, 0.5) is 0 Å². The van der Waals surface area contributed by atoms with Crippen molar-refractivity contribution < 1.29 is 19.7 Å². The highest BCUT2D eigenvalue weighted by atomic mass is 16.3. The molecule has 182 valence electrons. The zero-order valence-corrected chi connectivity index (χ0v) is 20.8. The Kier molecular flexibility index (Phi) is 6.83. The summed E-state index contributed by atoms with van der Waals surface area (Å²) in [6.45, 7) is 12.5. The van der Waals surface area contributed by atoms with E-state index in [1.54, 1.807) is 0 Å². The van der Waals surface area contributed by atoms with Crippen LogP contribution in [0.15, 0.2) is 52.0 Å². The van der Waals surface area contributed by atoms with Gasteiger partial charge < -0.3 is 19.7 Å². The quantitative estimate of drug-likeness (QED) is 0.523. The Morgan fingerprint density at radius 2 is 2.00 bits per heavy atom. The number of furan rings is 1. The zero-order valence-electron chi connectivity index (χ0n) is 20.8. The molecular formula is C29H42O4. The Balaban J connectivity index is 1.52. The first-order chi connectivity index (χ1) is 15.5. The van der Waals surface area contributed by atoms with E-state index in [2.05, 4.69) is 38.6 Å². The van der Waals surface area contributed by atoms with Gasteiger partial charge in [0.15, 0.2) is 0 Å². The van der Waals surface area contributed by atoms with Crippen molar-refractivity contribution in [2.75, 3.05) is 0 Å². The average molecular weight is 455 g/mol. The molecule has 3 saturated carbocycles. The van der Waals surface area contributed by atoms with Gasteiger partial charge in [-0.25, -0.2) is 0 Å². The third-order valence-corrected chi connectivity index (χ3v) is 8.64. The summed E-state index contributed by atoms with van der Waals surface area (Å²) < 4.78 is 6.20. The van der Waals surface area contributed by atoms with Gasteiger partial charge in [0.25, 0.3) is 0 Å². The van der Waals surface area contributed by atoms with E-state index in [1.165, 1.54) is 31.3 Å². The van der Waals surface area contributed by atoms with Gasteiger partial charge in [0, 0.05) is 18.8 Å². The zero-order chi connectivity index (χ0) is 24.0. The van der Waals surface area contributed by atoms with Crippen molar-refractivity contribution in [3.05, 3.63) is 59.1 Å². The van der Waals surface area contributed by atoms with E-state index >= 15 is 0 Å². The largest absolute Gasteiger partial charge is 0.466 e. The summed E-state index contributed by atoms with van der Waals surface area (Å²) in [5.41, 5.74) is 2.73. The lowest BCUT2D eigenvalue weighted by molar-refractivity contribution is 0.0736. The molecule has 0 spiro atoms. The van der Waals surface area contributed by atoms with Gasteiger partial charge in [0.05, 0.1) is 17.8 Å².